The van der Waals surface area contributed by atoms with Crippen LogP contribution in [0.3, 0.4) is 0 Å². The maximum absolute atomic E-state index is 13.4. The predicted molar refractivity (Wildman–Crippen MR) is 118 cm³/mol. The van der Waals surface area contributed by atoms with E-state index in [0.29, 0.717) is 24.5 Å². The molecule has 0 bridgehead atoms. The molecule has 1 aliphatic heterocycles. The van der Waals surface area contributed by atoms with E-state index in [9.17, 15) is 13.2 Å². The largest absolute Gasteiger partial charge is 0.449 e. The van der Waals surface area contributed by atoms with Crippen molar-refractivity contribution in [3.63, 3.8) is 0 Å². The van der Waals surface area contributed by atoms with Gasteiger partial charge in [0.25, 0.3) is 15.9 Å². The van der Waals surface area contributed by atoms with E-state index in [2.05, 4.69) is 10.1 Å². The second-order valence-electron chi connectivity index (χ2n) is 7.68. The van der Waals surface area contributed by atoms with Gasteiger partial charge in [0, 0.05) is 13.0 Å². The second-order valence-corrected chi connectivity index (χ2v) is 9.55. The Morgan fingerprint density at radius 3 is 2.84 bits per heavy atom. The van der Waals surface area contributed by atoms with Gasteiger partial charge in [0.1, 0.15) is 0 Å². The first-order valence-electron chi connectivity index (χ1n) is 10.6. The van der Waals surface area contributed by atoms with Crippen LogP contribution in [-0.4, -0.2) is 31.1 Å². The monoisotopic (exact) mass is 455 g/mol. The summed E-state index contributed by atoms with van der Waals surface area (Å²) in [4.78, 5) is 17.0. The fourth-order valence-electron chi connectivity index (χ4n) is 3.70. The van der Waals surface area contributed by atoms with Gasteiger partial charge in [-0.05, 0) is 56.0 Å². The van der Waals surface area contributed by atoms with Crippen molar-refractivity contribution in [3.05, 3.63) is 71.4 Å². The van der Waals surface area contributed by atoms with Gasteiger partial charge >= 0.3 is 5.97 Å². The molecular formula is C23H25N3O5S. The number of carbonyl (C=O) groups excluding carboxylic acids is 1. The minimum absolute atomic E-state index is 0.0410. The van der Waals surface area contributed by atoms with Crippen molar-refractivity contribution < 1.29 is 22.5 Å². The smallest absolute Gasteiger partial charge is 0.338 e. The van der Waals surface area contributed by atoms with Gasteiger partial charge in [-0.25, -0.2) is 13.2 Å². The Labute approximate surface area is 187 Å². The summed E-state index contributed by atoms with van der Waals surface area (Å²) >= 11 is 0. The maximum Gasteiger partial charge on any atom is 0.338 e. The lowest BCUT2D eigenvalue weighted by Gasteiger charge is -2.30. The molecule has 1 atom stereocenters. The molecule has 1 unspecified atom stereocenters. The molecule has 0 spiro atoms. The molecular weight excluding hydrogens is 430 g/mol. The van der Waals surface area contributed by atoms with Gasteiger partial charge in [-0.15, -0.1) is 0 Å². The highest BCUT2D eigenvalue weighted by Gasteiger charge is 2.29. The molecule has 8 nitrogen and oxygen atoms in total. The number of para-hydroxylation sites is 1. The summed E-state index contributed by atoms with van der Waals surface area (Å²) in [5.74, 6) is 0.0969. The van der Waals surface area contributed by atoms with Crippen molar-refractivity contribution in [2.45, 2.75) is 50.5 Å². The molecule has 0 fully saturated rings. The molecule has 2 aromatic carbocycles. The van der Waals surface area contributed by atoms with E-state index < -0.39 is 22.1 Å². The zero-order valence-corrected chi connectivity index (χ0v) is 18.8. The van der Waals surface area contributed by atoms with Gasteiger partial charge in [0.2, 0.25) is 0 Å². The normalized spacial score (nSPS) is 14.6. The minimum atomic E-state index is -3.83. The summed E-state index contributed by atoms with van der Waals surface area (Å²) in [6.07, 6.45) is 2.36. The van der Waals surface area contributed by atoms with Crippen LogP contribution in [0.4, 0.5) is 5.69 Å². The van der Waals surface area contributed by atoms with Gasteiger partial charge in [0.05, 0.1) is 16.1 Å². The molecule has 32 heavy (non-hydrogen) atoms. The zero-order valence-electron chi connectivity index (χ0n) is 18.0. The van der Waals surface area contributed by atoms with Gasteiger partial charge < -0.3 is 9.26 Å². The second kappa shape index (κ2) is 9.12. The number of anilines is 1. The predicted octanol–water partition coefficient (Wildman–Crippen LogP) is 4.08. The van der Waals surface area contributed by atoms with E-state index in [4.69, 9.17) is 9.26 Å². The SMILES string of the molecule is CCCc1noc(C(C)OC(=O)c2cccc(S(=O)(=O)N3CCCc4ccccc43)c2)n1. The number of nitrogens with zero attached hydrogens (tertiary/aromatic N) is 3. The van der Waals surface area contributed by atoms with E-state index in [1.807, 2.05) is 31.2 Å². The highest BCUT2D eigenvalue weighted by atomic mass is 32.2. The Morgan fingerprint density at radius 2 is 2.03 bits per heavy atom. The molecule has 2 heterocycles. The van der Waals surface area contributed by atoms with Crippen LogP contribution >= 0.6 is 0 Å². The van der Waals surface area contributed by atoms with Crippen molar-refractivity contribution in [2.75, 3.05) is 10.8 Å². The summed E-state index contributed by atoms with van der Waals surface area (Å²) in [5.41, 5.74) is 1.81. The molecule has 168 valence electrons. The van der Waals surface area contributed by atoms with E-state index in [1.54, 1.807) is 6.92 Å². The lowest BCUT2D eigenvalue weighted by molar-refractivity contribution is 0.0265. The number of benzene rings is 2. The lowest BCUT2D eigenvalue weighted by atomic mass is 10.0. The first kappa shape index (κ1) is 22.0. The summed E-state index contributed by atoms with van der Waals surface area (Å²) in [5, 5.41) is 3.86. The molecule has 4 rings (SSSR count). The Hall–Kier alpha value is -3.20. The Balaban J connectivity index is 1.55. The van der Waals surface area contributed by atoms with Gasteiger partial charge in [0.15, 0.2) is 11.9 Å². The lowest BCUT2D eigenvalue weighted by Crippen LogP contribution is -2.35. The molecule has 0 radical (unpaired) electrons. The Kier molecular flexibility index (Phi) is 6.27. The number of carbonyl (C=O) groups is 1. The van der Waals surface area contributed by atoms with Crippen LogP contribution in [0.5, 0.6) is 0 Å². The molecule has 9 heteroatoms. The van der Waals surface area contributed by atoms with Crippen LogP contribution in [0.15, 0.2) is 57.9 Å². The number of hydrogen-bond donors (Lipinski definition) is 0. The molecule has 0 N–H and O–H groups in total. The number of hydrogen-bond acceptors (Lipinski definition) is 7. The molecule has 1 aliphatic rings. The van der Waals surface area contributed by atoms with Gasteiger partial charge in [-0.1, -0.05) is 36.3 Å². The summed E-state index contributed by atoms with van der Waals surface area (Å²) in [6, 6.07) is 13.4. The Morgan fingerprint density at radius 1 is 1.22 bits per heavy atom. The number of sulfonamides is 1. The number of aryl methyl sites for hydroxylation is 2. The van der Waals surface area contributed by atoms with Gasteiger partial charge in [-0.2, -0.15) is 4.98 Å². The number of fused-ring (bicyclic) bond motifs is 1. The molecule has 0 amide bonds. The van der Waals surface area contributed by atoms with E-state index in [-0.39, 0.29) is 16.3 Å². The third kappa shape index (κ3) is 4.38. The molecule has 3 aromatic rings. The van der Waals surface area contributed by atoms with Crippen LogP contribution in [0.2, 0.25) is 0 Å². The fourth-order valence-corrected chi connectivity index (χ4v) is 5.28. The van der Waals surface area contributed by atoms with E-state index >= 15 is 0 Å². The minimum Gasteiger partial charge on any atom is -0.449 e. The summed E-state index contributed by atoms with van der Waals surface area (Å²) < 4.78 is 38.8. The van der Waals surface area contributed by atoms with Crippen LogP contribution < -0.4 is 4.31 Å². The van der Waals surface area contributed by atoms with Crippen molar-refractivity contribution in [2.24, 2.45) is 0 Å². The number of ether oxygens (including phenoxy) is 1. The summed E-state index contributed by atoms with van der Waals surface area (Å²) in [7, 11) is -3.83. The van der Waals surface area contributed by atoms with Crippen LogP contribution in [0.1, 0.15) is 60.4 Å². The number of rotatable bonds is 7. The number of esters is 1. The average Bonchev–Trinajstić information content (AvgIpc) is 3.28. The number of aromatic nitrogens is 2. The van der Waals surface area contributed by atoms with Crippen molar-refractivity contribution in [1.29, 1.82) is 0 Å². The molecule has 0 saturated carbocycles. The zero-order chi connectivity index (χ0) is 22.7. The quantitative estimate of drug-likeness (QED) is 0.495. The molecule has 0 saturated heterocycles. The van der Waals surface area contributed by atoms with E-state index in [0.717, 1.165) is 24.8 Å². The maximum atomic E-state index is 13.4. The third-order valence-electron chi connectivity index (χ3n) is 5.31. The van der Waals surface area contributed by atoms with Crippen molar-refractivity contribution in [1.82, 2.24) is 10.1 Å². The highest BCUT2D eigenvalue weighted by Crippen LogP contribution is 2.32. The fraction of sp³-hybridized carbons (Fsp3) is 0.348. The van der Waals surface area contributed by atoms with Crippen molar-refractivity contribution in [3.8, 4) is 0 Å². The summed E-state index contributed by atoms with van der Waals surface area (Å²) in [6.45, 7) is 4.03. The Bertz CT molecular complexity index is 1220. The van der Waals surface area contributed by atoms with Crippen LogP contribution in [0, 0.1) is 0 Å². The molecule has 1 aromatic heterocycles. The molecule has 0 aliphatic carbocycles. The van der Waals surface area contributed by atoms with Crippen LogP contribution in [0.25, 0.3) is 0 Å². The van der Waals surface area contributed by atoms with Crippen molar-refractivity contribution >= 4 is 21.7 Å². The van der Waals surface area contributed by atoms with Gasteiger partial charge in [-0.3, -0.25) is 4.31 Å². The average molecular weight is 456 g/mol. The first-order chi connectivity index (χ1) is 15.4. The first-order valence-corrected chi connectivity index (χ1v) is 12.1. The van der Waals surface area contributed by atoms with Crippen LogP contribution in [-0.2, 0) is 27.6 Å². The highest BCUT2D eigenvalue weighted by molar-refractivity contribution is 7.92. The van der Waals surface area contributed by atoms with E-state index in [1.165, 1.54) is 28.6 Å². The standard InChI is InChI=1S/C23H25N3O5S/c1-3-8-21-24-22(31-25-21)16(2)30-23(27)18-10-6-12-19(15-18)32(28,29)26-14-7-11-17-9-4-5-13-20(17)26/h4-6,9-10,12-13,15-16H,3,7-8,11,14H2,1-2H3. The topological polar surface area (TPSA) is 103 Å². The third-order valence-corrected chi connectivity index (χ3v) is 7.12.